The summed E-state index contributed by atoms with van der Waals surface area (Å²) in [7, 11) is 4.47. The van der Waals surface area contributed by atoms with Gasteiger partial charge in [0.2, 0.25) is 0 Å². The Morgan fingerprint density at radius 2 is 1.58 bits per heavy atom. The number of aliphatic hydroxyl groups is 2. The maximum Gasteiger partial charge on any atom is 0.329 e. The number of hydrogen-bond acceptors (Lipinski definition) is 12. The molecule has 0 aromatic carbocycles. The van der Waals surface area contributed by atoms with Crippen LogP contribution in [0.25, 0.3) is 0 Å². The first-order valence-corrected chi connectivity index (χ1v) is 23.9. The molecule has 366 valence electrons. The Bertz CT molecular complexity index is 1760. The molecule has 1 amide bonds. The van der Waals surface area contributed by atoms with E-state index in [-0.39, 0.29) is 67.7 Å². The molecule has 0 aromatic rings. The second-order valence-corrected chi connectivity index (χ2v) is 19.5. The summed E-state index contributed by atoms with van der Waals surface area (Å²) in [5.74, 6) is -9.16. The predicted molar refractivity (Wildman–Crippen MR) is 244 cm³/mol. The number of aliphatic hydroxyl groups excluding tert-OH is 2. The van der Waals surface area contributed by atoms with Crippen molar-refractivity contribution in [3.8, 4) is 0 Å². The van der Waals surface area contributed by atoms with Gasteiger partial charge in [0.25, 0.3) is 17.5 Å². The largest absolute Gasteiger partial charge is 0.460 e. The van der Waals surface area contributed by atoms with Crippen LogP contribution in [0.3, 0.4) is 0 Å². The van der Waals surface area contributed by atoms with Crippen molar-refractivity contribution in [3.05, 3.63) is 47.6 Å². The van der Waals surface area contributed by atoms with Gasteiger partial charge in [-0.15, -0.1) is 0 Å². The molecular formula is C51H78FNO12. The van der Waals surface area contributed by atoms with Gasteiger partial charge in [0.15, 0.2) is 5.78 Å². The fraction of sp³-hybridized carbons (Fsp3) is 0.745. The highest BCUT2D eigenvalue weighted by atomic mass is 19.2. The lowest BCUT2D eigenvalue weighted by molar-refractivity contribution is -0.231. The van der Waals surface area contributed by atoms with E-state index in [1.165, 1.54) is 7.11 Å². The molecule has 2 saturated heterocycles. The summed E-state index contributed by atoms with van der Waals surface area (Å²) >= 11 is 0. The van der Waals surface area contributed by atoms with Crippen LogP contribution < -0.4 is 0 Å². The first-order chi connectivity index (χ1) is 30.7. The first kappa shape index (κ1) is 54.2. The number of Topliss-reactive ketones (excluding diaryl/α,β-unsaturated/α-hetero) is 3. The number of carbonyl (C=O) groups excluding carboxylic acids is 5. The molecule has 0 radical (unpaired) electrons. The Morgan fingerprint density at radius 1 is 0.862 bits per heavy atom. The van der Waals surface area contributed by atoms with Crippen LogP contribution in [0.2, 0.25) is 0 Å². The summed E-state index contributed by atoms with van der Waals surface area (Å²) in [4.78, 5) is 71.4. The minimum atomic E-state index is -2.93. The number of allylic oxidation sites excluding steroid dienone is 6. The van der Waals surface area contributed by atoms with E-state index in [2.05, 4.69) is 0 Å². The number of cyclic esters (lactones) is 1. The van der Waals surface area contributed by atoms with Crippen molar-refractivity contribution in [2.45, 2.75) is 180 Å². The smallest absolute Gasteiger partial charge is 0.329 e. The first-order valence-electron chi connectivity index (χ1n) is 23.9. The normalized spacial score (nSPS) is 40.4. The number of nitrogens with zero attached hydrogens (tertiary/aromatic N) is 1. The highest BCUT2D eigenvalue weighted by molar-refractivity contribution is 6.39. The predicted octanol–water partition coefficient (Wildman–Crippen LogP) is 7.16. The molecule has 1 saturated carbocycles. The van der Waals surface area contributed by atoms with Gasteiger partial charge in [-0.3, -0.25) is 19.2 Å². The van der Waals surface area contributed by atoms with E-state index >= 15 is 4.39 Å². The van der Waals surface area contributed by atoms with E-state index in [9.17, 15) is 34.2 Å². The standard InChI is InChI=1S/C51H78FNO12/c1-30-16-12-11-13-17-31(2)42(61-8)28-38-21-19-36(7)51(52,65-38)48(58)49(59)53-23-15-14-18-39(53)50(60)64-43(33(4)26-37-20-22-40(54)44(27-37)62-9)29-41(55)32(3)25-35(6)46(57)47(63-10)45(56)34(5)24-30/h11-13,16-17,25,30,32-34,36-40,42-44,46-47,54,57H,14-15,18-24,26-29H2,1-10H3/b13-11+,16-12+,31-17+,35-25+/t30-,32-,33-,34-,36-,37+,38+,39?,40+,42+,43+,44-,46-,47+,51?/m1/s1. The van der Waals surface area contributed by atoms with Gasteiger partial charge in [-0.05, 0) is 107 Å². The molecule has 0 spiro atoms. The number of rotatable bonds is 6. The number of ketones is 3. The van der Waals surface area contributed by atoms with Crippen LogP contribution in [0.15, 0.2) is 47.6 Å². The highest BCUT2D eigenvalue weighted by Crippen LogP contribution is 2.40. The third-order valence-corrected chi connectivity index (χ3v) is 14.4. The van der Waals surface area contributed by atoms with E-state index in [4.69, 9.17) is 23.7 Å². The molecule has 0 aromatic heterocycles. The van der Waals surface area contributed by atoms with E-state index in [0.29, 0.717) is 56.9 Å². The molecule has 65 heavy (non-hydrogen) atoms. The topological polar surface area (TPSA) is 175 Å². The van der Waals surface area contributed by atoms with Gasteiger partial charge >= 0.3 is 5.97 Å². The number of piperidine rings is 1. The van der Waals surface area contributed by atoms with Crippen molar-refractivity contribution < 1.29 is 62.3 Å². The Morgan fingerprint density at radius 3 is 2.26 bits per heavy atom. The highest BCUT2D eigenvalue weighted by Gasteiger charge is 2.55. The monoisotopic (exact) mass is 916 g/mol. The molecule has 14 heteroatoms. The third-order valence-electron chi connectivity index (χ3n) is 14.4. The molecule has 3 heterocycles. The second kappa shape index (κ2) is 25.1. The number of alkyl halides is 1. The van der Waals surface area contributed by atoms with Gasteiger partial charge in [-0.25, -0.2) is 9.18 Å². The molecule has 3 fully saturated rings. The van der Waals surface area contributed by atoms with Crippen LogP contribution in [-0.4, -0.2) is 127 Å². The minimum Gasteiger partial charge on any atom is -0.460 e. The molecule has 2 bridgehead atoms. The van der Waals surface area contributed by atoms with E-state index in [1.807, 2.05) is 51.2 Å². The van der Waals surface area contributed by atoms with Gasteiger partial charge in [-0.2, -0.15) is 0 Å². The van der Waals surface area contributed by atoms with Crippen molar-refractivity contribution in [2.75, 3.05) is 27.9 Å². The maximum absolute atomic E-state index is 17.1. The number of amides is 1. The Hall–Kier alpha value is -3.40. The average Bonchev–Trinajstić information content (AvgIpc) is 3.28. The molecule has 3 aliphatic heterocycles. The summed E-state index contributed by atoms with van der Waals surface area (Å²) in [5.41, 5.74) is 1.22. The van der Waals surface area contributed by atoms with Crippen LogP contribution in [-0.2, 0) is 47.7 Å². The molecule has 1 aliphatic carbocycles. The van der Waals surface area contributed by atoms with Crippen molar-refractivity contribution in [3.63, 3.8) is 0 Å². The van der Waals surface area contributed by atoms with E-state index < -0.39 is 83.9 Å². The zero-order chi connectivity index (χ0) is 48.2. The van der Waals surface area contributed by atoms with Gasteiger partial charge in [0, 0.05) is 58.5 Å². The van der Waals surface area contributed by atoms with Gasteiger partial charge in [-0.1, -0.05) is 71.1 Å². The van der Waals surface area contributed by atoms with Gasteiger partial charge < -0.3 is 38.8 Å². The molecule has 4 aliphatic rings. The Labute approximate surface area is 386 Å². The molecule has 15 atom stereocenters. The lowest BCUT2D eigenvalue weighted by Crippen LogP contribution is -2.59. The van der Waals surface area contributed by atoms with Crippen molar-refractivity contribution in [1.29, 1.82) is 0 Å². The Balaban J connectivity index is 1.70. The zero-order valence-electron chi connectivity index (χ0n) is 40.5. The fourth-order valence-corrected chi connectivity index (χ4v) is 10.1. The molecule has 2 unspecified atom stereocenters. The Kier molecular flexibility index (Phi) is 20.9. The summed E-state index contributed by atoms with van der Waals surface area (Å²) < 4.78 is 46.1. The number of fused-ring (bicyclic) bond motifs is 3. The third kappa shape index (κ3) is 14.3. The summed E-state index contributed by atoms with van der Waals surface area (Å²) in [6.07, 6.45) is 10.3. The van der Waals surface area contributed by atoms with Gasteiger partial charge in [0.1, 0.15) is 30.1 Å². The number of carbonyl (C=O) groups is 5. The molecule has 13 nitrogen and oxygen atoms in total. The van der Waals surface area contributed by atoms with Crippen LogP contribution in [0.1, 0.15) is 126 Å². The molecule has 2 N–H and O–H groups in total. The van der Waals surface area contributed by atoms with Crippen LogP contribution >= 0.6 is 0 Å². The quantitative estimate of drug-likeness (QED) is 0.157. The SMILES string of the molecule is CO[C@H]1C[C@@H]2CC[C@@H](C)C(F)(O2)C(=O)C(=O)N2CCCCC2C(=O)O[C@H]([C@H](C)C[C@@H]2CC[C@H](O)[C@H](OC)C2)CC(=O)[C@H](C)/C=C(\C)[C@@H](O)[C@@H](OC)C(=O)[C@H](C)C[C@H](C)/C=C/C=C/C=C/1C. The number of methoxy groups -OCH3 is 3. The average molecular weight is 916 g/mol. The number of ether oxygens (including phenoxy) is 5. The zero-order valence-corrected chi connectivity index (χ0v) is 40.5. The lowest BCUT2D eigenvalue weighted by Gasteiger charge is -2.41. The van der Waals surface area contributed by atoms with E-state index in [0.717, 1.165) is 10.5 Å². The lowest BCUT2D eigenvalue weighted by atomic mass is 9.78. The van der Waals surface area contributed by atoms with E-state index in [1.54, 1.807) is 48.0 Å². The summed E-state index contributed by atoms with van der Waals surface area (Å²) in [6.45, 7) is 12.5. The van der Waals surface area contributed by atoms with Crippen molar-refractivity contribution in [2.24, 2.45) is 35.5 Å². The number of hydrogen-bond donors (Lipinski definition) is 2. The van der Waals surface area contributed by atoms with Gasteiger partial charge in [0.05, 0.1) is 24.4 Å². The number of halogens is 1. The minimum absolute atomic E-state index is 0.00748. The molecule has 4 rings (SSSR count). The van der Waals surface area contributed by atoms with Crippen molar-refractivity contribution in [1.82, 2.24) is 4.90 Å². The second-order valence-electron chi connectivity index (χ2n) is 19.5. The number of esters is 1. The summed E-state index contributed by atoms with van der Waals surface area (Å²) in [6, 6.07) is -1.20. The molecular weight excluding hydrogens is 838 g/mol. The summed E-state index contributed by atoms with van der Waals surface area (Å²) in [5, 5.41) is 21.9. The van der Waals surface area contributed by atoms with Crippen LogP contribution in [0.4, 0.5) is 4.39 Å². The van der Waals surface area contributed by atoms with Crippen LogP contribution in [0.5, 0.6) is 0 Å². The fourth-order valence-electron chi connectivity index (χ4n) is 10.1. The van der Waals surface area contributed by atoms with Crippen LogP contribution in [0, 0.1) is 35.5 Å². The maximum atomic E-state index is 17.1. The van der Waals surface area contributed by atoms with Crippen molar-refractivity contribution >= 4 is 29.2 Å².